The topological polar surface area (TPSA) is 80.3 Å². The molecule has 0 saturated heterocycles. The van der Waals surface area contributed by atoms with Gasteiger partial charge in [-0.2, -0.15) is 0 Å². The van der Waals surface area contributed by atoms with E-state index in [9.17, 15) is 9.18 Å². The van der Waals surface area contributed by atoms with Gasteiger partial charge in [0.1, 0.15) is 5.82 Å². The van der Waals surface area contributed by atoms with Gasteiger partial charge in [-0.25, -0.2) is 9.38 Å². The maximum atomic E-state index is 13.9. The van der Waals surface area contributed by atoms with E-state index < -0.39 is 23.3 Å². The molecule has 1 amide bonds. The normalized spacial score (nSPS) is 13.7. The predicted octanol–water partition coefficient (Wildman–Crippen LogP) is 6.75. The molecule has 9 heteroatoms. The summed E-state index contributed by atoms with van der Waals surface area (Å²) in [6.45, 7) is 14.2. The zero-order valence-electron chi connectivity index (χ0n) is 20.8. The molecule has 6 nitrogen and oxygen atoms in total. The molecule has 0 aliphatic carbocycles. The highest BCUT2D eigenvalue weighted by Crippen LogP contribution is 2.27. The molecule has 0 saturated carbocycles. The SMILES string of the molecule is C=C(C)C(CC(c1ccc(Cl)cc1)[N+](=N)CC)N=C(NC(=O)c1ccc(Cl)c(F)c1)NC(C)(C)C. The Kier molecular flexibility index (Phi) is 9.98. The Balaban J connectivity index is 2.41. The van der Waals surface area contributed by atoms with Crippen LogP contribution in [-0.4, -0.2) is 34.7 Å². The van der Waals surface area contributed by atoms with Crippen molar-refractivity contribution in [3.8, 4) is 0 Å². The van der Waals surface area contributed by atoms with E-state index in [4.69, 9.17) is 33.7 Å². The van der Waals surface area contributed by atoms with Crippen LogP contribution in [0.5, 0.6) is 0 Å². The molecule has 35 heavy (non-hydrogen) atoms. The minimum absolute atomic E-state index is 0.0604. The molecule has 0 aliphatic heterocycles. The van der Waals surface area contributed by atoms with Gasteiger partial charge in [0.05, 0.1) is 11.1 Å². The molecule has 0 heterocycles. The molecule has 188 valence electrons. The third-order valence-electron chi connectivity index (χ3n) is 5.18. The van der Waals surface area contributed by atoms with Gasteiger partial charge in [0.15, 0.2) is 12.5 Å². The largest absolute Gasteiger partial charge is 0.351 e. The molecule has 0 bridgehead atoms. The lowest BCUT2D eigenvalue weighted by atomic mass is 9.96. The highest BCUT2D eigenvalue weighted by atomic mass is 35.5. The predicted molar refractivity (Wildman–Crippen MR) is 140 cm³/mol. The quantitative estimate of drug-likeness (QED) is 0.118. The maximum Gasteiger partial charge on any atom is 0.258 e. The summed E-state index contributed by atoms with van der Waals surface area (Å²) < 4.78 is 15.4. The standard InChI is InChI=1S/C26H32Cl2FN5O/c1-7-34(30)23(17-8-11-19(27)12-9-17)15-22(16(2)3)31-25(33-26(4,5)6)32-24(35)18-10-13-20(28)21(29)14-18/h8-14,22-23,30H,2,7,15H2,1,3-6H3,(H-,31,32,33,35)/p+1. The average molecular weight is 521 g/mol. The smallest absolute Gasteiger partial charge is 0.258 e. The molecule has 0 radical (unpaired) electrons. The molecule has 0 fully saturated rings. The van der Waals surface area contributed by atoms with E-state index in [1.54, 1.807) is 12.1 Å². The van der Waals surface area contributed by atoms with Gasteiger partial charge in [-0.3, -0.25) is 10.1 Å². The van der Waals surface area contributed by atoms with Crippen LogP contribution in [0, 0.1) is 11.3 Å². The number of rotatable bonds is 8. The highest BCUT2D eigenvalue weighted by Gasteiger charge is 2.28. The molecular weight excluding hydrogens is 488 g/mol. The van der Waals surface area contributed by atoms with Crippen LogP contribution in [0.2, 0.25) is 10.0 Å². The van der Waals surface area contributed by atoms with Gasteiger partial charge in [-0.05, 0) is 65.0 Å². The highest BCUT2D eigenvalue weighted by molar-refractivity contribution is 6.31. The second-order valence-electron chi connectivity index (χ2n) is 9.39. The number of halogens is 3. The minimum Gasteiger partial charge on any atom is -0.351 e. The van der Waals surface area contributed by atoms with E-state index >= 15 is 0 Å². The fourth-order valence-electron chi connectivity index (χ4n) is 3.35. The maximum absolute atomic E-state index is 13.9. The van der Waals surface area contributed by atoms with E-state index in [1.165, 1.54) is 16.8 Å². The van der Waals surface area contributed by atoms with Gasteiger partial charge in [0.25, 0.3) is 5.91 Å². The summed E-state index contributed by atoms with van der Waals surface area (Å²) in [6.07, 6.45) is 0.453. The van der Waals surface area contributed by atoms with Gasteiger partial charge in [0.2, 0.25) is 6.04 Å². The zero-order chi connectivity index (χ0) is 26.3. The number of hydrogen-bond donors (Lipinski definition) is 3. The summed E-state index contributed by atoms with van der Waals surface area (Å²) in [4.78, 5) is 17.7. The third-order valence-corrected chi connectivity index (χ3v) is 5.74. The number of nitrogens with one attached hydrogen (secondary N) is 3. The van der Waals surface area contributed by atoms with E-state index in [2.05, 4.69) is 17.2 Å². The van der Waals surface area contributed by atoms with E-state index in [0.717, 1.165) is 17.2 Å². The second-order valence-corrected chi connectivity index (χ2v) is 10.2. The van der Waals surface area contributed by atoms with E-state index in [1.807, 2.05) is 46.8 Å². The van der Waals surface area contributed by atoms with Crippen molar-refractivity contribution in [1.82, 2.24) is 10.6 Å². The zero-order valence-corrected chi connectivity index (χ0v) is 22.3. The van der Waals surface area contributed by atoms with Crippen molar-refractivity contribution in [3.05, 3.63) is 81.6 Å². The Morgan fingerprint density at radius 3 is 2.34 bits per heavy atom. The molecule has 0 spiro atoms. The molecular formula is C26H33Cl2FN5O+. The van der Waals surface area contributed by atoms with E-state index in [-0.39, 0.29) is 22.6 Å². The lowest BCUT2D eigenvalue weighted by molar-refractivity contribution is -0.652. The lowest BCUT2D eigenvalue weighted by Crippen LogP contribution is -2.50. The summed E-state index contributed by atoms with van der Waals surface area (Å²) in [7, 11) is 0. The number of benzene rings is 2. The molecule has 2 unspecified atom stereocenters. The Bertz CT molecular complexity index is 1110. The van der Waals surface area contributed by atoms with E-state index in [0.29, 0.717) is 18.0 Å². The van der Waals surface area contributed by atoms with Crippen molar-refractivity contribution in [2.45, 2.75) is 58.7 Å². The number of carbonyl (C=O) groups excluding carboxylic acids is 1. The molecule has 3 N–H and O–H groups in total. The Morgan fingerprint density at radius 1 is 1.20 bits per heavy atom. The minimum atomic E-state index is -0.678. The van der Waals surface area contributed by atoms with Gasteiger partial charge >= 0.3 is 0 Å². The van der Waals surface area contributed by atoms with Crippen molar-refractivity contribution < 1.29 is 13.9 Å². The van der Waals surface area contributed by atoms with Gasteiger partial charge in [0, 0.05) is 28.1 Å². The first kappa shape index (κ1) is 28.5. The molecule has 0 aromatic heterocycles. The van der Waals surface area contributed by atoms with Crippen molar-refractivity contribution in [1.29, 1.82) is 5.53 Å². The summed E-state index contributed by atoms with van der Waals surface area (Å²) in [6, 6.07) is 10.6. The monoisotopic (exact) mass is 520 g/mol. The van der Waals surface area contributed by atoms with Gasteiger partial charge in [-0.15, -0.1) is 4.70 Å². The molecule has 2 rings (SSSR count). The van der Waals surface area contributed by atoms with Crippen molar-refractivity contribution >= 4 is 35.1 Å². The van der Waals surface area contributed by atoms with Crippen LogP contribution in [0.4, 0.5) is 4.39 Å². The van der Waals surface area contributed by atoms with Crippen LogP contribution in [0.3, 0.4) is 0 Å². The summed E-state index contributed by atoms with van der Waals surface area (Å²) >= 11 is 11.8. The van der Waals surface area contributed by atoms with Crippen LogP contribution in [0.1, 0.15) is 63.0 Å². The van der Waals surface area contributed by atoms with Crippen LogP contribution < -0.4 is 10.6 Å². The number of aliphatic imine (C=N–C) groups is 1. The number of hydrogen-bond acceptors (Lipinski definition) is 3. The summed E-state index contributed by atoms with van der Waals surface area (Å²) in [5.41, 5.74) is 9.88. The third kappa shape index (κ3) is 8.75. The summed E-state index contributed by atoms with van der Waals surface area (Å²) in [5, 5.41) is 6.53. The Morgan fingerprint density at radius 2 is 1.83 bits per heavy atom. The Hall–Kier alpha value is -2.77. The van der Waals surface area contributed by atoms with Gasteiger partial charge < -0.3 is 5.32 Å². The molecule has 0 aliphatic rings. The molecule has 2 aromatic rings. The second kappa shape index (κ2) is 12.3. The number of guanidine groups is 1. The number of nitrogens with zero attached hydrogens (tertiary/aromatic N) is 2. The van der Waals surface area contributed by atoms with Crippen LogP contribution in [0.15, 0.2) is 59.6 Å². The van der Waals surface area contributed by atoms with Gasteiger partial charge in [-0.1, -0.05) is 53.0 Å². The molecule has 2 aromatic carbocycles. The number of carbonyl (C=O) groups is 1. The Labute approximate surface area is 216 Å². The van der Waals surface area contributed by atoms with Crippen molar-refractivity contribution in [2.75, 3.05) is 6.54 Å². The van der Waals surface area contributed by atoms with Crippen molar-refractivity contribution in [3.63, 3.8) is 0 Å². The van der Waals surface area contributed by atoms with Crippen LogP contribution in [-0.2, 0) is 0 Å². The van der Waals surface area contributed by atoms with Crippen LogP contribution in [0.25, 0.3) is 0 Å². The first-order chi connectivity index (χ1) is 16.3. The summed E-state index contributed by atoms with van der Waals surface area (Å²) in [5.74, 6) is -0.975. The lowest BCUT2D eigenvalue weighted by Gasteiger charge is -2.26. The number of amides is 1. The van der Waals surface area contributed by atoms with Crippen LogP contribution >= 0.6 is 23.2 Å². The first-order valence-corrected chi connectivity index (χ1v) is 12.1. The fraction of sp³-hybridized carbons (Fsp3) is 0.385. The first-order valence-electron chi connectivity index (χ1n) is 11.3. The average Bonchev–Trinajstić information content (AvgIpc) is 2.77. The van der Waals surface area contributed by atoms with Crippen molar-refractivity contribution in [2.24, 2.45) is 4.99 Å². The fourth-order valence-corrected chi connectivity index (χ4v) is 3.59. The molecule has 2 atom stereocenters.